The van der Waals surface area contributed by atoms with E-state index in [4.69, 9.17) is 4.74 Å². The minimum atomic E-state index is 0.0623. The first kappa shape index (κ1) is 16.4. The number of nitrogens with one attached hydrogen (secondary N) is 1. The van der Waals surface area contributed by atoms with Gasteiger partial charge in [-0.3, -0.25) is 9.69 Å². The number of thiazole rings is 1. The Hall–Kier alpha value is -0.980. The normalized spacial score (nSPS) is 17.9. The van der Waals surface area contributed by atoms with Crippen LogP contribution in [0.2, 0.25) is 0 Å². The number of rotatable bonds is 6. The highest BCUT2D eigenvalue weighted by molar-refractivity contribution is 7.09. The molecule has 1 aliphatic rings. The van der Waals surface area contributed by atoms with E-state index in [0.717, 1.165) is 43.5 Å². The third-order valence-electron chi connectivity index (χ3n) is 3.72. The fourth-order valence-electron chi connectivity index (χ4n) is 2.40. The number of morpholine rings is 1. The van der Waals surface area contributed by atoms with E-state index in [-0.39, 0.29) is 11.9 Å². The molecular weight excluding hydrogens is 286 g/mol. The highest BCUT2D eigenvalue weighted by Crippen LogP contribution is 2.10. The predicted molar refractivity (Wildman–Crippen MR) is 84.6 cm³/mol. The highest BCUT2D eigenvalue weighted by Gasteiger charge is 2.21. The maximum atomic E-state index is 12.2. The zero-order valence-electron chi connectivity index (χ0n) is 13.1. The molecule has 0 radical (unpaired) electrons. The molecule has 0 spiro atoms. The van der Waals surface area contributed by atoms with Crippen LogP contribution in [0.5, 0.6) is 0 Å². The first-order valence-electron chi connectivity index (χ1n) is 7.55. The van der Waals surface area contributed by atoms with E-state index in [2.05, 4.69) is 29.0 Å². The van der Waals surface area contributed by atoms with E-state index < -0.39 is 0 Å². The van der Waals surface area contributed by atoms with Crippen molar-refractivity contribution in [2.45, 2.75) is 33.2 Å². The van der Waals surface area contributed by atoms with Gasteiger partial charge in [0, 0.05) is 31.1 Å². The summed E-state index contributed by atoms with van der Waals surface area (Å²) in [6.07, 6.45) is 0.372. The average Bonchev–Trinajstić information content (AvgIpc) is 2.84. The predicted octanol–water partition coefficient (Wildman–Crippen LogP) is 1.47. The lowest BCUT2D eigenvalue weighted by molar-refractivity contribution is -0.121. The van der Waals surface area contributed by atoms with Crippen molar-refractivity contribution >= 4 is 17.2 Å². The molecule has 1 N–H and O–H groups in total. The Labute approximate surface area is 130 Å². The molecule has 6 heteroatoms. The summed E-state index contributed by atoms with van der Waals surface area (Å²) in [7, 11) is 0. The lowest BCUT2D eigenvalue weighted by Gasteiger charge is -2.32. The zero-order chi connectivity index (χ0) is 15.2. The number of amides is 1. The number of carbonyl (C=O) groups is 1. The van der Waals surface area contributed by atoms with E-state index in [9.17, 15) is 4.79 Å². The van der Waals surface area contributed by atoms with Crippen LogP contribution in [0.4, 0.5) is 0 Å². The van der Waals surface area contributed by atoms with E-state index in [1.165, 1.54) is 0 Å². The van der Waals surface area contributed by atoms with E-state index in [1.807, 2.05) is 12.3 Å². The molecule has 1 amide bonds. The second kappa shape index (κ2) is 7.87. The molecule has 0 unspecified atom stereocenters. The largest absolute Gasteiger partial charge is 0.379 e. The quantitative estimate of drug-likeness (QED) is 0.864. The SMILES string of the molecule is Cc1nc(CC(=O)N[C@@H](CN2CCOCC2)C(C)C)cs1. The van der Waals surface area contributed by atoms with Crippen molar-refractivity contribution in [3.05, 3.63) is 16.1 Å². The molecule has 1 aromatic rings. The van der Waals surface area contributed by atoms with Gasteiger partial charge in [-0.05, 0) is 12.8 Å². The van der Waals surface area contributed by atoms with Gasteiger partial charge in [-0.1, -0.05) is 13.8 Å². The van der Waals surface area contributed by atoms with E-state index >= 15 is 0 Å². The van der Waals surface area contributed by atoms with Crippen LogP contribution in [0.25, 0.3) is 0 Å². The number of aromatic nitrogens is 1. The Kier molecular flexibility index (Phi) is 6.14. The lowest BCUT2D eigenvalue weighted by Crippen LogP contribution is -2.49. The van der Waals surface area contributed by atoms with Crippen LogP contribution < -0.4 is 5.32 Å². The molecule has 0 aliphatic carbocycles. The van der Waals surface area contributed by atoms with E-state index in [1.54, 1.807) is 11.3 Å². The summed E-state index contributed by atoms with van der Waals surface area (Å²) in [5.74, 6) is 0.473. The number of hydrogen-bond donors (Lipinski definition) is 1. The van der Waals surface area contributed by atoms with Gasteiger partial charge in [0.25, 0.3) is 0 Å². The monoisotopic (exact) mass is 311 g/mol. The van der Waals surface area contributed by atoms with E-state index in [0.29, 0.717) is 12.3 Å². The molecule has 0 bridgehead atoms. The molecule has 1 fully saturated rings. The molecule has 2 heterocycles. The third-order valence-corrected chi connectivity index (χ3v) is 4.54. The topological polar surface area (TPSA) is 54.5 Å². The first-order valence-corrected chi connectivity index (χ1v) is 8.43. The Balaban J connectivity index is 1.84. The standard InChI is InChI=1S/C15H25N3O2S/c1-11(2)14(9-18-4-6-20-7-5-18)17-15(19)8-13-10-21-12(3)16-13/h10-11,14H,4-9H2,1-3H3,(H,17,19)/t14-/m0/s1. The van der Waals surface area contributed by atoms with Crippen LogP contribution in [0.1, 0.15) is 24.5 Å². The Morgan fingerprint density at radius 2 is 2.19 bits per heavy atom. The van der Waals surface area contributed by atoms with Crippen molar-refractivity contribution in [3.8, 4) is 0 Å². The van der Waals surface area contributed by atoms with Gasteiger partial charge in [0.15, 0.2) is 0 Å². The minimum absolute atomic E-state index is 0.0623. The van der Waals surface area contributed by atoms with Crippen LogP contribution in [-0.4, -0.2) is 54.7 Å². The molecule has 5 nitrogen and oxygen atoms in total. The number of hydrogen-bond acceptors (Lipinski definition) is 5. The van der Waals surface area contributed by atoms with Gasteiger partial charge >= 0.3 is 0 Å². The van der Waals surface area contributed by atoms with Gasteiger partial charge in [-0.25, -0.2) is 4.98 Å². The lowest BCUT2D eigenvalue weighted by atomic mass is 10.0. The molecule has 1 atom stereocenters. The molecule has 2 rings (SSSR count). The second-order valence-electron chi connectivity index (χ2n) is 5.87. The molecule has 0 aromatic carbocycles. The zero-order valence-corrected chi connectivity index (χ0v) is 13.9. The molecule has 1 aliphatic heterocycles. The van der Waals surface area contributed by atoms with Crippen molar-refractivity contribution in [2.75, 3.05) is 32.8 Å². The fraction of sp³-hybridized carbons (Fsp3) is 0.733. The van der Waals surface area contributed by atoms with Crippen molar-refractivity contribution in [1.29, 1.82) is 0 Å². The summed E-state index contributed by atoms with van der Waals surface area (Å²) in [4.78, 5) is 18.9. The van der Waals surface area contributed by atoms with Gasteiger partial charge in [0.1, 0.15) is 0 Å². The van der Waals surface area contributed by atoms with Gasteiger partial charge in [-0.15, -0.1) is 11.3 Å². The van der Waals surface area contributed by atoms with Crippen molar-refractivity contribution in [1.82, 2.24) is 15.2 Å². The van der Waals surface area contributed by atoms with Gasteiger partial charge < -0.3 is 10.1 Å². The number of nitrogens with zero attached hydrogens (tertiary/aromatic N) is 2. The van der Waals surface area contributed by atoms with Gasteiger partial charge in [0.05, 0.1) is 30.3 Å². The van der Waals surface area contributed by atoms with Crippen LogP contribution in [0.3, 0.4) is 0 Å². The molecule has 21 heavy (non-hydrogen) atoms. The first-order chi connectivity index (χ1) is 10.0. The average molecular weight is 311 g/mol. The molecule has 1 saturated heterocycles. The summed E-state index contributed by atoms with van der Waals surface area (Å²) in [6.45, 7) is 10.6. The fourth-order valence-corrected chi connectivity index (χ4v) is 3.01. The summed E-state index contributed by atoms with van der Waals surface area (Å²) in [5, 5.41) is 6.13. The number of ether oxygens (including phenoxy) is 1. The summed E-state index contributed by atoms with van der Waals surface area (Å²) in [6, 6.07) is 0.176. The van der Waals surface area contributed by atoms with Crippen molar-refractivity contribution in [3.63, 3.8) is 0 Å². The maximum absolute atomic E-state index is 12.2. The van der Waals surface area contributed by atoms with Gasteiger partial charge in [0.2, 0.25) is 5.91 Å². The van der Waals surface area contributed by atoms with Crippen LogP contribution in [0.15, 0.2) is 5.38 Å². The summed E-state index contributed by atoms with van der Waals surface area (Å²) in [5.41, 5.74) is 0.865. The third kappa shape index (κ3) is 5.37. The van der Waals surface area contributed by atoms with Crippen molar-refractivity contribution in [2.24, 2.45) is 5.92 Å². The smallest absolute Gasteiger partial charge is 0.226 e. The minimum Gasteiger partial charge on any atom is -0.379 e. The highest BCUT2D eigenvalue weighted by atomic mass is 32.1. The molecule has 118 valence electrons. The maximum Gasteiger partial charge on any atom is 0.226 e. The second-order valence-corrected chi connectivity index (χ2v) is 6.93. The Bertz CT molecular complexity index is 456. The Morgan fingerprint density at radius 3 is 2.76 bits per heavy atom. The van der Waals surface area contributed by atoms with Crippen molar-refractivity contribution < 1.29 is 9.53 Å². The van der Waals surface area contributed by atoms with Gasteiger partial charge in [-0.2, -0.15) is 0 Å². The summed E-state index contributed by atoms with van der Waals surface area (Å²) >= 11 is 1.59. The van der Waals surface area contributed by atoms with Crippen LogP contribution in [-0.2, 0) is 16.0 Å². The molecule has 1 aromatic heterocycles. The Morgan fingerprint density at radius 1 is 1.48 bits per heavy atom. The van der Waals surface area contributed by atoms with Crippen LogP contribution in [0, 0.1) is 12.8 Å². The molecule has 0 saturated carbocycles. The number of carbonyl (C=O) groups excluding carboxylic acids is 1. The summed E-state index contributed by atoms with van der Waals surface area (Å²) < 4.78 is 5.37. The molecular formula is C15H25N3O2S. The van der Waals surface area contributed by atoms with Crippen LogP contribution >= 0.6 is 11.3 Å². The number of aryl methyl sites for hydroxylation is 1.